The Kier molecular flexibility index (Phi) is 2.16. The fraction of sp³-hybridized carbons (Fsp3) is 0.800. The number of hydrogen-bond donors (Lipinski definition) is 0. The van der Waals surface area contributed by atoms with Crippen LogP contribution in [-0.2, 0) is 0 Å². The minimum absolute atomic E-state index is 0.662. The molecule has 1 aliphatic heterocycles. The molecule has 0 spiro atoms. The molecule has 0 bridgehead atoms. The van der Waals surface area contributed by atoms with Crippen LogP contribution < -0.4 is 5.32 Å². The van der Waals surface area contributed by atoms with Crippen molar-refractivity contribution in [1.29, 1.82) is 0 Å². The van der Waals surface area contributed by atoms with E-state index in [1.807, 2.05) is 6.20 Å². The lowest BCUT2D eigenvalue weighted by Gasteiger charge is -2.26. The van der Waals surface area contributed by atoms with E-state index in [1.54, 1.807) is 0 Å². The van der Waals surface area contributed by atoms with Crippen molar-refractivity contribution in [2.45, 2.75) is 44.6 Å². The summed E-state index contributed by atoms with van der Waals surface area (Å²) < 4.78 is 0. The highest BCUT2D eigenvalue weighted by atomic mass is 14.9. The average molecular weight is 150 g/mol. The van der Waals surface area contributed by atoms with Crippen LogP contribution in [0.2, 0.25) is 0 Å². The molecular formula is C10H16N. The summed E-state index contributed by atoms with van der Waals surface area (Å²) in [6, 6.07) is 0.662. The third kappa shape index (κ3) is 1.58. The van der Waals surface area contributed by atoms with Gasteiger partial charge in [-0.2, -0.15) is 0 Å². The lowest BCUT2D eigenvalue weighted by molar-refractivity contribution is 0.290. The molecule has 0 aromatic heterocycles. The van der Waals surface area contributed by atoms with Crippen LogP contribution in [0.25, 0.3) is 0 Å². The van der Waals surface area contributed by atoms with Gasteiger partial charge in [-0.1, -0.05) is 25.3 Å². The van der Waals surface area contributed by atoms with Crippen molar-refractivity contribution in [3.63, 3.8) is 0 Å². The van der Waals surface area contributed by atoms with Crippen molar-refractivity contribution in [2.75, 3.05) is 0 Å². The largest absolute Gasteiger partial charge is 0.290 e. The fourth-order valence-electron chi connectivity index (χ4n) is 2.27. The van der Waals surface area contributed by atoms with E-state index in [0.717, 1.165) is 5.92 Å². The summed E-state index contributed by atoms with van der Waals surface area (Å²) >= 11 is 0. The first-order valence-electron chi connectivity index (χ1n) is 4.82. The van der Waals surface area contributed by atoms with Crippen molar-refractivity contribution in [2.24, 2.45) is 5.92 Å². The maximum atomic E-state index is 4.48. The Balaban J connectivity index is 1.83. The Morgan fingerprint density at radius 3 is 2.55 bits per heavy atom. The Morgan fingerprint density at radius 2 is 1.91 bits per heavy atom. The van der Waals surface area contributed by atoms with Crippen LogP contribution >= 0.6 is 0 Å². The average Bonchev–Trinajstić information content (AvgIpc) is 2.58. The zero-order valence-corrected chi connectivity index (χ0v) is 7.00. The van der Waals surface area contributed by atoms with E-state index in [2.05, 4.69) is 11.4 Å². The molecule has 61 valence electrons. The number of rotatable bonds is 1. The second-order valence-corrected chi connectivity index (χ2v) is 3.73. The summed E-state index contributed by atoms with van der Waals surface area (Å²) in [6.07, 6.45) is 12.6. The molecule has 1 heterocycles. The molecule has 2 rings (SSSR count). The summed E-state index contributed by atoms with van der Waals surface area (Å²) in [5, 5.41) is 4.48. The van der Waals surface area contributed by atoms with Gasteiger partial charge in [-0.15, -0.1) is 0 Å². The molecule has 1 atom stereocenters. The van der Waals surface area contributed by atoms with Crippen LogP contribution in [0.5, 0.6) is 0 Å². The molecule has 1 radical (unpaired) electrons. The molecule has 0 saturated heterocycles. The van der Waals surface area contributed by atoms with Crippen LogP contribution in [0, 0.1) is 5.92 Å². The van der Waals surface area contributed by atoms with Crippen molar-refractivity contribution < 1.29 is 0 Å². The van der Waals surface area contributed by atoms with Gasteiger partial charge < -0.3 is 0 Å². The first kappa shape index (κ1) is 7.20. The number of hydrogen-bond acceptors (Lipinski definition) is 0. The van der Waals surface area contributed by atoms with Gasteiger partial charge in [-0.25, -0.2) is 0 Å². The second-order valence-electron chi connectivity index (χ2n) is 3.73. The Labute approximate surface area is 68.9 Å². The molecule has 1 heteroatoms. The van der Waals surface area contributed by atoms with Crippen molar-refractivity contribution >= 4 is 0 Å². The maximum absolute atomic E-state index is 4.48. The zero-order valence-electron chi connectivity index (χ0n) is 7.00. The van der Waals surface area contributed by atoms with Crippen LogP contribution in [0.4, 0.5) is 0 Å². The highest BCUT2D eigenvalue weighted by Crippen LogP contribution is 2.29. The Morgan fingerprint density at radius 1 is 1.09 bits per heavy atom. The quantitative estimate of drug-likeness (QED) is 0.545. The van der Waals surface area contributed by atoms with Gasteiger partial charge in [0.05, 0.1) is 6.04 Å². The van der Waals surface area contributed by atoms with Gasteiger partial charge in [0, 0.05) is 6.20 Å². The number of nitrogens with zero attached hydrogens (tertiary/aromatic N) is 1. The van der Waals surface area contributed by atoms with Gasteiger partial charge in [0.25, 0.3) is 0 Å². The van der Waals surface area contributed by atoms with E-state index in [9.17, 15) is 0 Å². The molecule has 0 N–H and O–H groups in total. The standard InChI is InChI=1S/C10H16N/c1-2-5-9(6-3-1)10-7-4-8-11-10/h4,8-10H,1-3,5-7H2. The van der Waals surface area contributed by atoms with E-state index < -0.39 is 0 Å². The highest BCUT2D eigenvalue weighted by molar-refractivity contribution is 4.97. The SMILES string of the molecule is C1=C[N]C(C2CCCCC2)C1. The predicted molar refractivity (Wildman–Crippen MR) is 46.3 cm³/mol. The Hall–Kier alpha value is -0.460. The van der Waals surface area contributed by atoms with E-state index in [-0.39, 0.29) is 0 Å². The van der Waals surface area contributed by atoms with Gasteiger partial charge in [0.2, 0.25) is 0 Å². The third-order valence-corrected chi connectivity index (χ3v) is 2.95. The van der Waals surface area contributed by atoms with Gasteiger partial charge in [0.15, 0.2) is 0 Å². The maximum Gasteiger partial charge on any atom is 0.0562 e. The Bertz CT molecular complexity index is 137. The van der Waals surface area contributed by atoms with E-state index in [0.29, 0.717) is 6.04 Å². The van der Waals surface area contributed by atoms with Crippen LogP contribution in [0.1, 0.15) is 38.5 Å². The van der Waals surface area contributed by atoms with E-state index in [1.165, 1.54) is 38.5 Å². The van der Waals surface area contributed by atoms with Crippen molar-refractivity contribution in [1.82, 2.24) is 5.32 Å². The summed E-state index contributed by atoms with van der Waals surface area (Å²) in [6.45, 7) is 0. The van der Waals surface area contributed by atoms with Gasteiger partial charge in [-0.05, 0) is 25.2 Å². The van der Waals surface area contributed by atoms with Crippen LogP contribution in [-0.4, -0.2) is 6.04 Å². The summed E-state index contributed by atoms with van der Waals surface area (Å²) in [7, 11) is 0. The molecule has 1 aliphatic carbocycles. The smallest absolute Gasteiger partial charge is 0.0562 e. The van der Waals surface area contributed by atoms with Crippen molar-refractivity contribution in [3.8, 4) is 0 Å². The van der Waals surface area contributed by atoms with E-state index in [4.69, 9.17) is 0 Å². The molecule has 1 saturated carbocycles. The molecular weight excluding hydrogens is 134 g/mol. The first-order chi connectivity index (χ1) is 5.47. The normalized spacial score (nSPS) is 32.2. The van der Waals surface area contributed by atoms with Crippen LogP contribution in [0.15, 0.2) is 12.3 Å². The first-order valence-corrected chi connectivity index (χ1v) is 4.82. The topological polar surface area (TPSA) is 14.1 Å². The summed E-state index contributed by atoms with van der Waals surface area (Å²) in [5.41, 5.74) is 0. The lowest BCUT2D eigenvalue weighted by Crippen LogP contribution is -2.26. The van der Waals surface area contributed by atoms with Crippen LogP contribution in [0.3, 0.4) is 0 Å². The second kappa shape index (κ2) is 3.29. The van der Waals surface area contributed by atoms with Crippen molar-refractivity contribution in [3.05, 3.63) is 12.3 Å². The molecule has 2 aliphatic rings. The summed E-state index contributed by atoms with van der Waals surface area (Å²) in [5.74, 6) is 0.916. The molecule has 0 aromatic rings. The van der Waals surface area contributed by atoms with Gasteiger partial charge in [-0.3, -0.25) is 5.32 Å². The lowest BCUT2D eigenvalue weighted by atomic mass is 9.83. The molecule has 1 unspecified atom stereocenters. The minimum atomic E-state index is 0.662. The minimum Gasteiger partial charge on any atom is -0.290 e. The van der Waals surface area contributed by atoms with Gasteiger partial charge in [0.1, 0.15) is 0 Å². The molecule has 0 amide bonds. The zero-order chi connectivity index (χ0) is 7.52. The predicted octanol–water partition coefficient (Wildman–Crippen LogP) is 2.46. The third-order valence-electron chi connectivity index (χ3n) is 2.95. The summed E-state index contributed by atoms with van der Waals surface area (Å²) in [4.78, 5) is 0. The fourth-order valence-corrected chi connectivity index (χ4v) is 2.27. The van der Waals surface area contributed by atoms with E-state index >= 15 is 0 Å². The molecule has 0 aromatic carbocycles. The monoisotopic (exact) mass is 150 g/mol. The molecule has 1 fully saturated rings. The molecule has 1 nitrogen and oxygen atoms in total. The highest BCUT2D eigenvalue weighted by Gasteiger charge is 2.24. The molecule has 11 heavy (non-hydrogen) atoms. The van der Waals surface area contributed by atoms with Gasteiger partial charge >= 0.3 is 0 Å².